The molecule has 2 rings (SSSR count). The molecule has 18 heavy (non-hydrogen) atoms. The number of nitrogens with zero attached hydrogens (tertiary/aromatic N) is 1. The van der Waals surface area contributed by atoms with Crippen LogP contribution < -0.4 is 0 Å². The van der Waals surface area contributed by atoms with E-state index in [9.17, 15) is 9.90 Å². The summed E-state index contributed by atoms with van der Waals surface area (Å²) in [5.41, 5.74) is 0.657. The summed E-state index contributed by atoms with van der Waals surface area (Å²) in [4.78, 5) is 17.2. The first-order chi connectivity index (χ1) is 8.75. The average molecular weight is 249 g/mol. The van der Waals surface area contributed by atoms with Gasteiger partial charge in [0.2, 0.25) is 0 Å². The fourth-order valence-corrected chi connectivity index (χ4v) is 2.08. The van der Waals surface area contributed by atoms with Crippen molar-refractivity contribution in [3.05, 3.63) is 29.8 Å². The number of carbonyl (C=O) groups excluding carboxylic acids is 1. The van der Waals surface area contributed by atoms with E-state index in [1.165, 1.54) is 6.42 Å². The maximum atomic E-state index is 11.7. The second kappa shape index (κ2) is 6.52. The molecule has 0 aromatic heterocycles. The van der Waals surface area contributed by atoms with Gasteiger partial charge >= 0.3 is 0 Å². The van der Waals surface area contributed by atoms with Crippen molar-refractivity contribution in [1.82, 2.24) is 5.06 Å². The number of Topliss-reactive ketones (excluding diaryl/α,β-unsaturated/α-hetero) is 1. The Hall–Kier alpha value is -1.39. The van der Waals surface area contributed by atoms with Crippen molar-refractivity contribution in [2.45, 2.75) is 25.7 Å². The van der Waals surface area contributed by atoms with Gasteiger partial charge in [0, 0.05) is 25.1 Å². The number of phenols is 1. The molecule has 1 aliphatic rings. The third-order valence-corrected chi connectivity index (χ3v) is 3.10. The van der Waals surface area contributed by atoms with E-state index >= 15 is 0 Å². The van der Waals surface area contributed by atoms with E-state index in [1.54, 1.807) is 18.2 Å². The highest BCUT2D eigenvalue weighted by atomic mass is 16.7. The first-order valence-corrected chi connectivity index (χ1v) is 6.42. The van der Waals surface area contributed by atoms with Gasteiger partial charge in [0.1, 0.15) is 12.4 Å². The Morgan fingerprint density at radius 2 is 1.94 bits per heavy atom. The summed E-state index contributed by atoms with van der Waals surface area (Å²) >= 11 is 0. The predicted molar refractivity (Wildman–Crippen MR) is 68.2 cm³/mol. The predicted octanol–water partition coefficient (Wildman–Crippen LogP) is 1.92. The largest absolute Gasteiger partial charge is 0.508 e. The number of para-hydroxylation sites is 1. The Bertz CT molecular complexity index is 400. The van der Waals surface area contributed by atoms with E-state index in [0.29, 0.717) is 5.56 Å². The van der Waals surface area contributed by atoms with E-state index in [-0.39, 0.29) is 24.6 Å². The Kier molecular flexibility index (Phi) is 4.73. The van der Waals surface area contributed by atoms with E-state index in [0.717, 1.165) is 25.9 Å². The first-order valence-electron chi connectivity index (χ1n) is 6.42. The van der Waals surface area contributed by atoms with Gasteiger partial charge in [0.15, 0.2) is 5.78 Å². The molecule has 0 aliphatic carbocycles. The van der Waals surface area contributed by atoms with Gasteiger partial charge in [0.25, 0.3) is 0 Å². The van der Waals surface area contributed by atoms with E-state index in [4.69, 9.17) is 4.84 Å². The van der Waals surface area contributed by atoms with Crippen molar-refractivity contribution in [3.8, 4) is 5.75 Å². The summed E-state index contributed by atoms with van der Waals surface area (Å²) in [7, 11) is 0. The third kappa shape index (κ3) is 3.82. The second-order valence-electron chi connectivity index (χ2n) is 4.61. The lowest BCUT2D eigenvalue weighted by Crippen LogP contribution is -2.32. The van der Waals surface area contributed by atoms with Crippen LogP contribution in [-0.4, -0.2) is 35.6 Å². The first kappa shape index (κ1) is 13.1. The van der Waals surface area contributed by atoms with Gasteiger partial charge in [0.05, 0.1) is 0 Å². The standard InChI is InChI=1S/C14H19NO3/c16-13(10-12-6-2-3-7-14(12)17)11-18-15-8-4-1-5-9-15/h2-3,6-7,17H,1,4-5,8-11H2. The summed E-state index contributed by atoms with van der Waals surface area (Å²) in [6, 6.07) is 6.91. The van der Waals surface area contributed by atoms with Crippen LogP contribution in [0, 0.1) is 0 Å². The normalized spacial score (nSPS) is 16.7. The zero-order valence-electron chi connectivity index (χ0n) is 10.5. The van der Waals surface area contributed by atoms with Gasteiger partial charge in [-0.05, 0) is 18.9 Å². The summed E-state index contributed by atoms with van der Waals surface area (Å²) in [5, 5.41) is 11.4. The van der Waals surface area contributed by atoms with Crippen LogP contribution in [0.1, 0.15) is 24.8 Å². The van der Waals surface area contributed by atoms with Crippen LogP contribution in [0.5, 0.6) is 5.75 Å². The zero-order valence-corrected chi connectivity index (χ0v) is 10.5. The molecule has 1 heterocycles. The molecule has 0 saturated carbocycles. The summed E-state index contributed by atoms with van der Waals surface area (Å²) < 4.78 is 0. The van der Waals surface area contributed by atoms with Crippen LogP contribution in [0.25, 0.3) is 0 Å². The fraction of sp³-hybridized carbons (Fsp3) is 0.500. The quantitative estimate of drug-likeness (QED) is 0.866. The van der Waals surface area contributed by atoms with Crippen molar-refractivity contribution >= 4 is 5.78 Å². The molecule has 1 fully saturated rings. The van der Waals surface area contributed by atoms with Crippen LogP contribution in [0.3, 0.4) is 0 Å². The highest BCUT2D eigenvalue weighted by Gasteiger charge is 2.13. The lowest BCUT2D eigenvalue weighted by molar-refractivity contribution is -0.175. The maximum Gasteiger partial charge on any atom is 0.165 e. The average Bonchev–Trinajstić information content (AvgIpc) is 2.40. The minimum absolute atomic E-state index is 0.0120. The molecule has 1 aromatic carbocycles. The number of hydroxylamine groups is 2. The number of hydrogen-bond acceptors (Lipinski definition) is 4. The lowest BCUT2D eigenvalue weighted by Gasteiger charge is -2.25. The van der Waals surface area contributed by atoms with Crippen LogP contribution in [0.4, 0.5) is 0 Å². The number of phenolic OH excluding ortho intramolecular Hbond substituents is 1. The Morgan fingerprint density at radius 3 is 2.67 bits per heavy atom. The van der Waals surface area contributed by atoms with E-state index in [2.05, 4.69) is 0 Å². The minimum atomic E-state index is -0.0120. The molecule has 98 valence electrons. The van der Waals surface area contributed by atoms with Gasteiger partial charge in [-0.2, -0.15) is 5.06 Å². The number of aromatic hydroxyl groups is 1. The number of rotatable bonds is 5. The number of benzene rings is 1. The smallest absolute Gasteiger partial charge is 0.165 e. The summed E-state index contributed by atoms with van der Waals surface area (Å²) in [5.74, 6) is 0.158. The van der Waals surface area contributed by atoms with Gasteiger partial charge in [-0.15, -0.1) is 0 Å². The maximum absolute atomic E-state index is 11.7. The van der Waals surface area contributed by atoms with Crippen molar-refractivity contribution in [2.75, 3.05) is 19.7 Å². The van der Waals surface area contributed by atoms with Crippen molar-refractivity contribution in [2.24, 2.45) is 0 Å². The Labute approximate surface area is 107 Å². The molecule has 0 bridgehead atoms. The van der Waals surface area contributed by atoms with Crippen LogP contribution in [-0.2, 0) is 16.1 Å². The highest BCUT2D eigenvalue weighted by molar-refractivity contribution is 5.82. The monoisotopic (exact) mass is 249 g/mol. The third-order valence-electron chi connectivity index (χ3n) is 3.10. The van der Waals surface area contributed by atoms with Crippen LogP contribution in [0.15, 0.2) is 24.3 Å². The summed E-state index contributed by atoms with van der Waals surface area (Å²) in [6.07, 6.45) is 3.73. The molecular weight excluding hydrogens is 230 g/mol. The van der Waals surface area contributed by atoms with Crippen molar-refractivity contribution < 1.29 is 14.7 Å². The number of hydrogen-bond donors (Lipinski definition) is 1. The molecular formula is C14H19NO3. The van der Waals surface area contributed by atoms with Gasteiger partial charge < -0.3 is 5.11 Å². The molecule has 0 amide bonds. The lowest BCUT2D eigenvalue weighted by atomic mass is 10.1. The fourth-order valence-electron chi connectivity index (χ4n) is 2.08. The molecule has 0 spiro atoms. The molecule has 1 N–H and O–H groups in total. The SMILES string of the molecule is O=C(CON1CCCCC1)Cc1ccccc1O. The van der Waals surface area contributed by atoms with E-state index < -0.39 is 0 Å². The molecule has 0 atom stereocenters. The molecule has 4 heteroatoms. The van der Waals surface area contributed by atoms with Gasteiger partial charge in [-0.25, -0.2) is 0 Å². The summed E-state index contributed by atoms with van der Waals surface area (Å²) in [6.45, 7) is 1.90. The number of ketones is 1. The van der Waals surface area contributed by atoms with Crippen LogP contribution in [0.2, 0.25) is 0 Å². The second-order valence-corrected chi connectivity index (χ2v) is 4.61. The van der Waals surface area contributed by atoms with Crippen molar-refractivity contribution in [1.29, 1.82) is 0 Å². The number of piperidine rings is 1. The van der Waals surface area contributed by atoms with Crippen LogP contribution >= 0.6 is 0 Å². The molecule has 1 saturated heterocycles. The number of carbonyl (C=O) groups is 1. The zero-order chi connectivity index (χ0) is 12.8. The van der Waals surface area contributed by atoms with Crippen molar-refractivity contribution in [3.63, 3.8) is 0 Å². The Morgan fingerprint density at radius 1 is 1.22 bits per heavy atom. The molecule has 0 unspecified atom stereocenters. The highest BCUT2D eigenvalue weighted by Crippen LogP contribution is 2.16. The molecule has 1 aromatic rings. The van der Waals surface area contributed by atoms with Gasteiger partial charge in [-0.1, -0.05) is 24.6 Å². The molecule has 1 aliphatic heterocycles. The van der Waals surface area contributed by atoms with E-state index in [1.807, 2.05) is 11.1 Å². The molecule has 4 nitrogen and oxygen atoms in total. The molecule has 0 radical (unpaired) electrons. The topological polar surface area (TPSA) is 49.8 Å². The van der Waals surface area contributed by atoms with Gasteiger partial charge in [-0.3, -0.25) is 9.63 Å². The minimum Gasteiger partial charge on any atom is -0.508 e. The Balaban J connectivity index is 1.76.